The van der Waals surface area contributed by atoms with Crippen molar-refractivity contribution in [3.8, 4) is 0 Å². The van der Waals surface area contributed by atoms with Crippen LogP contribution in [0.1, 0.15) is 31.4 Å². The molecule has 0 bridgehead atoms. The number of hydrogen-bond acceptors (Lipinski definition) is 2. The van der Waals surface area contributed by atoms with Crippen LogP contribution in [0.5, 0.6) is 0 Å². The molecular formula is C13H20F3N3. The molecule has 1 atom stereocenters. The number of aryl methyl sites for hydroxylation is 1. The Labute approximate surface area is 111 Å². The number of nitrogens with zero attached hydrogens (tertiary/aromatic N) is 2. The van der Waals surface area contributed by atoms with Gasteiger partial charge in [0.25, 0.3) is 0 Å². The number of nitrogens with two attached hydrogens (primary N) is 1. The van der Waals surface area contributed by atoms with Gasteiger partial charge in [-0.25, -0.2) is 0 Å². The van der Waals surface area contributed by atoms with Gasteiger partial charge in [-0.2, -0.15) is 18.3 Å². The van der Waals surface area contributed by atoms with Crippen LogP contribution in [-0.2, 0) is 13.5 Å². The van der Waals surface area contributed by atoms with E-state index in [2.05, 4.69) is 5.10 Å². The maximum atomic E-state index is 12.6. The summed E-state index contributed by atoms with van der Waals surface area (Å²) in [6, 6.07) is 1.81. The van der Waals surface area contributed by atoms with E-state index in [9.17, 15) is 13.2 Å². The molecule has 0 amide bonds. The summed E-state index contributed by atoms with van der Waals surface area (Å²) in [5.41, 5.74) is 7.02. The predicted molar refractivity (Wildman–Crippen MR) is 66.4 cm³/mol. The lowest BCUT2D eigenvalue weighted by molar-refractivity contribution is -0.184. The van der Waals surface area contributed by atoms with Crippen LogP contribution in [0.3, 0.4) is 0 Å². The van der Waals surface area contributed by atoms with Gasteiger partial charge in [-0.15, -0.1) is 0 Å². The smallest absolute Gasteiger partial charge is 0.327 e. The van der Waals surface area contributed by atoms with Gasteiger partial charge in [-0.1, -0.05) is 0 Å². The molecule has 1 fully saturated rings. The van der Waals surface area contributed by atoms with Gasteiger partial charge in [-0.05, 0) is 37.7 Å². The monoisotopic (exact) mass is 275 g/mol. The quantitative estimate of drug-likeness (QED) is 0.921. The minimum atomic E-state index is -4.05. The van der Waals surface area contributed by atoms with Gasteiger partial charge in [0.15, 0.2) is 0 Å². The van der Waals surface area contributed by atoms with Crippen molar-refractivity contribution in [2.45, 2.75) is 44.3 Å². The standard InChI is InChI=1S/C13H20F3N3/c1-19-7-6-11(18-19)8-12(17)9-2-4-10(5-3-9)13(14,15)16/h6-7,9-10,12H,2-5,8,17H2,1H3. The van der Waals surface area contributed by atoms with Crippen molar-refractivity contribution in [3.63, 3.8) is 0 Å². The normalized spacial score (nSPS) is 26.4. The van der Waals surface area contributed by atoms with E-state index >= 15 is 0 Å². The average molecular weight is 275 g/mol. The fourth-order valence-electron chi connectivity index (χ4n) is 2.85. The largest absolute Gasteiger partial charge is 0.391 e. The highest BCUT2D eigenvalue weighted by molar-refractivity contribution is 5.02. The Kier molecular flexibility index (Phi) is 4.18. The first-order valence-corrected chi connectivity index (χ1v) is 6.67. The molecule has 0 saturated heterocycles. The van der Waals surface area contributed by atoms with Crippen LogP contribution in [0.15, 0.2) is 12.3 Å². The summed E-state index contributed by atoms with van der Waals surface area (Å²) in [4.78, 5) is 0. The molecule has 0 aromatic carbocycles. The Morgan fingerprint density at radius 2 is 2.00 bits per heavy atom. The SMILES string of the molecule is Cn1ccc(CC(N)C2CCC(C(F)(F)F)CC2)n1. The van der Waals surface area contributed by atoms with E-state index in [0.29, 0.717) is 19.3 Å². The maximum absolute atomic E-state index is 12.6. The van der Waals surface area contributed by atoms with Gasteiger partial charge >= 0.3 is 6.18 Å². The van der Waals surface area contributed by atoms with E-state index in [1.54, 1.807) is 4.68 Å². The molecule has 1 unspecified atom stereocenters. The number of alkyl halides is 3. The van der Waals surface area contributed by atoms with E-state index in [4.69, 9.17) is 5.73 Å². The summed E-state index contributed by atoms with van der Waals surface area (Å²) >= 11 is 0. The molecule has 108 valence electrons. The van der Waals surface area contributed by atoms with Gasteiger partial charge in [-0.3, -0.25) is 4.68 Å². The van der Waals surface area contributed by atoms with Crippen LogP contribution >= 0.6 is 0 Å². The fourth-order valence-corrected chi connectivity index (χ4v) is 2.85. The van der Waals surface area contributed by atoms with Crippen molar-refractivity contribution in [1.82, 2.24) is 9.78 Å². The Bertz CT molecular complexity index is 406. The summed E-state index contributed by atoms with van der Waals surface area (Å²) in [5.74, 6) is -0.952. The highest BCUT2D eigenvalue weighted by Crippen LogP contribution is 2.40. The lowest BCUT2D eigenvalue weighted by Crippen LogP contribution is -2.37. The molecule has 1 aromatic rings. The highest BCUT2D eigenvalue weighted by Gasteiger charge is 2.42. The van der Waals surface area contributed by atoms with Crippen LogP contribution in [0.2, 0.25) is 0 Å². The van der Waals surface area contributed by atoms with E-state index < -0.39 is 12.1 Å². The lowest BCUT2D eigenvalue weighted by atomic mass is 9.77. The van der Waals surface area contributed by atoms with Crippen molar-refractivity contribution in [2.75, 3.05) is 0 Å². The molecule has 6 heteroatoms. The molecule has 1 heterocycles. The first-order chi connectivity index (χ1) is 8.86. The number of rotatable bonds is 3. The second-order valence-electron chi connectivity index (χ2n) is 5.50. The third-order valence-corrected chi connectivity index (χ3v) is 4.05. The average Bonchev–Trinajstić information content (AvgIpc) is 2.74. The van der Waals surface area contributed by atoms with Crippen LogP contribution in [-0.4, -0.2) is 22.0 Å². The summed E-state index contributed by atoms with van der Waals surface area (Å²) in [6.07, 6.45) is 0.00533. The maximum Gasteiger partial charge on any atom is 0.391 e. The van der Waals surface area contributed by atoms with Crippen LogP contribution in [0.25, 0.3) is 0 Å². The first kappa shape index (κ1) is 14.4. The van der Waals surface area contributed by atoms with Gasteiger partial charge < -0.3 is 5.73 Å². The zero-order valence-corrected chi connectivity index (χ0v) is 11.0. The summed E-state index contributed by atoms with van der Waals surface area (Å²) in [5, 5.41) is 4.26. The molecule has 2 rings (SSSR count). The topological polar surface area (TPSA) is 43.8 Å². The zero-order chi connectivity index (χ0) is 14.0. The van der Waals surface area contributed by atoms with E-state index in [-0.39, 0.29) is 24.8 Å². The summed E-state index contributed by atoms with van der Waals surface area (Å²) in [7, 11) is 1.84. The van der Waals surface area contributed by atoms with Crippen LogP contribution < -0.4 is 5.73 Å². The molecule has 1 saturated carbocycles. The minimum Gasteiger partial charge on any atom is -0.327 e. The summed E-state index contributed by atoms with van der Waals surface area (Å²) < 4.78 is 39.4. The Morgan fingerprint density at radius 3 is 2.47 bits per heavy atom. The predicted octanol–water partition coefficient (Wildman–Crippen LogP) is 2.66. The van der Waals surface area contributed by atoms with Crippen LogP contribution in [0.4, 0.5) is 13.2 Å². The van der Waals surface area contributed by atoms with E-state index in [1.165, 1.54) is 0 Å². The molecule has 3 nitrogen and oxygen atoms in total. The molecule has 19 heavy (non-hydrogen) atoms. The van der Waals surface area contributed by atoms with Crippen molar-refractivity contribution in [3.05, 3.63) is 18.0 Å². The second kappa shape index (κ2) is 5.53. The number of hydrogen-bond donors (Lipinski definition) is 1. The van der Waals surface area contributed by atoms with Gasteiger partial charge in [0, 0.05) is 25.7 Å². The van der Waals surface area contributed by atoms with E-state index in [0.717, 1.165) is 5.69 Å². The summed E-state index contributed by atoms with van der Waals surface area (Å²) in [6.45, 7) is 0. The van der Waals surface area contributed by atoms with Crippen molar-refractivity contribution in [2.24, 2.45) is 24.6 Å². The lowest BCUT2D eigenvalue weighted by Gasteiger charge is -2.32. The number of halogens is 3. The third kappa shape index (κ3) is 3.72. The Morgan fingerprint density at radius 1 is 1.37 bits per heavy atom. The molecular weight excluding hydrogens is 255 g/mol. The molecule has 1 aromatic heterocycles. The number of aromatic nitrogens is 2. The van der Waals surface area contributed by atoms with Crippen LogP contribution in [0, 0.1) is 11.8 Å². The minimum absolute atomic E-state index is 0.0934. The molecule has 0 aliphatic heterocycles. The zero-order valence-electron chi connectivity index (χ0n) is 11.0. The fraction of sp³-hybridized carbons (Fsp3) is 0.769. The van der Waals surface area contributed by atoms with Gasteiger partial charge in [0.2, 0.25) is 0 Å². The molecule has 1 aliphatic rings. The molecule has 0 spiro atoms. The van der Waals surface area contributed by atoms with Gasteiger partial charge in [0.1, 0.15) is 0 Å². The molecule has 2 N–H and O–H groups in total. The van der Waals surface area contributed by atoms with Crippen molar-refractivity contribution >= 4 is 0 Å². The Balaban J connectivity index is 1.84. The Hall–Kier alpha value is -1.04. The van der Waals surface area contributed by atoms with E-state index in [1.807, 2.05) is 19.3 Å². The first-order valence-electron chi connectivity index (χ1n) is 6.67. The van der Waals surface area contributed by atoms with Gasteiger partial charge in [0.05, 0.1) is 11.6 Å². The molecule has 1 aliphatic carbocycles. The molecule has 0 radical (unpaired) electrons. The highest BCUT2D eigenvalue weighted by atomic mass is 19.4. The second-order valence-corrected chi connectivity index (χ2v) is 5.50. The third-order valence-electron chi connectivity index (χ3n) is 4.05. The van der Waals surface area contributed by atoms with Crippen molar-refractivity contribution in [1.29, 1.82) is 0 Å². The van der Waals surface area contributed by atoms with Crippen molar-refractivity contribution < 1.29 is 13.2 Å².